The summed E-state index contributed by atoms with van der Waals surface area (Å²) in [4.78, 5) is 11.1. The third-order valence-electron chi connectivity index (χ3n) is 3.46. The average molecular weight is 268 g/mol. The summed E-state index contributed by atoms with van der Waals surface area (Å²) in [7, 11) is 0. The van der Waals surface area contributed by atoms with E-state index >= 15 is 0 Å². The standard InChI is InChI=1S/C17H20N2O/c1-13(17(18)20)19-12-16(14-8-4-2-5-9-14)15-10-6-3-7-11-15/h2-11,13,16,19H,12H2,1H3,(H2,18,20). The highest BCUT2D eigenvalue weighted by atomic mass is 16.1. The van der Waals surface area contributed by atoms with E-state index in [1.54, 1.807) is 6.92 Å². The molecule has 0 spiro atoms. The molecule has 0 bridgehead atoms. The second-order valence-electron chi connectivity index (χ2n) is 4.91. The molecule has 0 aromatic heterocycles. The molecule has 104 valence electrons. The lowest BCUT2D eigenvalue weighted by molar-refractivity contribution is -0.119. The van der Waals surface area contributed by atoms with Crippen molar-refractivity contribution in [3.05, 3.63) is 71.8 Å². The van der Waals surface area contributed by atoms with Crippen molar-refractivity contribution in [2.75, 3.05) is 6.54 Å². The van der Waals surface area contributed by atoms with Crippen molar-refractivity contribution in [2.45, 2.75) is 18.9 Å². The predicted octanol–water partition coefficient (Wildman–Crippen LogP) is 2.28. The van der Waals surface area contributed by atoms with Crippen LogP contribution in [-0.4, -0.2) is 18.5 Å². The quantitative estimate of drug-likeness (QED) is 0.844. The smallest absolute Gasteiger partial charge is 0.234 e. The lowest BCUT2D eigenvalue weighted by Gasteiger charge is -2.20. The average Bonchev–Trinajstić information content (AvgIpc) is 2.49. The van der Waals surface area contributed by atoms with Crippen molar-refractivity contribution in [3.63, 3.8) is 0 Å². The topological polar surface area (TPSA) is 55.1 Å². The van der Waals surface area contributed by atoms with Gasteiger partial charge >= 0.3 is 0 Å². The van der Waals surface area contributed by atoms with E-state index in [-0.39, 0.29) is 17.9 Å². The van der Waals surface area contributed by atoms with Crippen molar-refractivity contribution < 1.29 is 4.79 Å². The van der Waals surface area contributed by atoms with Crippen LogP contribution < -0.4 is 11.1 Å². The zero-order chi connectivity index (χ0) is 14.4. The van der Waals surface area contributed by atoms with Gasteiger partial charge in [-0.2, -0.15) is 0 Å². The summed E-state index contributed by atoms with van der Waals surface area (Å²) in [5.41, 5.74) is 7.75. The van der Waals surface area contributed by atoms with E-state index in [1.807, 2.05) is 36.4 Å². The largest absolute Gasteiger partial charge is 0.368 e. The molecular weight excluding hydrogens is 248 g/mol. The van der Waals surface area contributed by atoms with Crippen LogP contribution in [0, 0.1) is 0 Å². The zero-order valence-electron chi connectivity index (χ0n) is 11.6. The van der Waals surface area contributed by atoms with Crippen molar-refractivity contribution in [1.82, 2.24) is 5.32 Å². The third-order valence-corrected chi connectivity index (χ3v) is 3.46. The molecule has 20 heavy (non-hydrogen) atoms. The van der Waals surface area contributed by atoms with Crippen LogP contribution in [0.2, 0.25) is 0 Å². The van der Waals surface area contributed by atoms with Crippen LogP contribution >= 0.6 is 0 Å². The Morgan fingerprint density at radius 2 is 1.45 bits per heavy atom. The minimum atomic E-state index is -0.329. The first-order chi connectivity index (χ1) is 9.68. The number of carbonyl (C=O) groups is 1. The second kappa shape index (κ2) is 6.87. The van der Waals surface area contributed by atoms with E-state index < -0.39 is 0 Å². The molecule has 1 atom stereocenters. The number of hydrogen-bond donors (Lipinski definition) is 2. The number of rotatable bonds is 6. The molecule has 0 aliphatic rings. The molecule has 0 aliphatic carbocycles. The maximum Gasteiger partial charge on any atom is 0.234 e. The highest BCUT2D eigenvalue weighted by Gasteiger charge is 2.16. The Hall–Kier alpha value is -2.13. The molecule has 0 heterocycles. The molecule has 1 amide bonds. The molecule has 0 radical (unpaired) electrons. The Balaban J connectivity index is 2.19. The molecule has 2 aromatic carbocycles. The van der Waals surface area contributed by atoms with Crippen LogP contribution in [0.1, 0.15) is 24.0 Å². The molecule has 2 rings (SSSR count). The van der Waals surface area contributed by atoms with Crippen LogP contribution in [-0.2, 0) is 4.79 Å². The first-order valence-electron chi connectivity index (χ1n) is 6.81. The third kappa shape index (κ3) is 3.68. The van der Waals surface area contributed by atoms with Gasteiger partial charge in [0.05, 0.1) is 6.04 Å². The Kier molecular flexibility index (Phi) is 4.91. The summed E-state index contributed by atoms with van der Waals surface area (Å²) in [6.45, 7) is 2.47. The summed E-state index contributed by atoms with van der Waals surface area (Å²) in [5, 5.41) is 3.20. The zero-order valence-corrected chi connectivity index (χ0v) is 11.6. The molecular formula is C17H20N2O. The van der Waals surface area contributed by atoms with E-state index in [0.717, 1.165) is 0 Å². The van der Waals surface area contributed by atoms with Crippen molar-refractivity contribution in [3.8, 4) is 0 Å². The molecule has 2 aromatic rings. The first kappa shape index (κ1) is 14.3. The van der Waals surface area contributed by atoms with Gasteiger partial charge in [0.2, 0.25) is 5.91 Å². The Bertz CT molecular complexity index is 500. The molecule has 3 N–H and O–H groups in total. The van der Waals surface area contributed by atoms with Gasteiger partial charge in [-0.05, 0) is 18.1 Å². The van der Waals surface area contributed by atoms with Gasteiger partial charge in [0.1, 0.15) is 0 Å². The number of carbonyl (C=O) groups excluding carboxylic acids is 1. The van der Waals surface area contributed by atoms with Crippen molar-refractivity contribution in [1.29, 1.82) is 0 Å². The number of nitrogens with one attached hydrogen (secondary N) is 1. The molecule has 0 fully saturated rings. The molecule has 0 aliphatic heterocycles. The summed E-state index contributed by atoms with van der Waals surface area (Å²) in [6.07, 6.45) is 0. The fourth-order valence-electron chi connectivity index (χ4n) is 2.19. The fraction of sp³-hybridized carbons (Fsp3) is 0.235. The Morgan fingerprint density at radius 1 is 1.00 bits per heavy atom. The minimum Gasteiger partial charge on any atom is -0.368 e. The van der Waals surface area contributed by atoms with E-state index in [2.05, 4.69) is 29.6 Å². The van der Waals surface area contributed by atoms with Crippen LogP contribution in [0.3, 0.4) is 0 Å². The van der Waals surface area contributed by atoms with Gasteiger partial charge in [0.15, 0.2) is 0 Å². The molecule has 3 nitrogen and oxygen atoms in total. The van der Waals surface area contributed by atoms with Crippen LogP contribution in [0.5, 0.6) is 0 Å². The van der Waals surface area contributed by atoms with Crippen molar-refractivity contribution in [2.24, 2.45) is 5.73 Å². The van der Waals surface area contributed by atoms with Gasteiger partial charge in [-0.3, -0.25) is 4.79 Å². The number of amides is 1. The van der Waals surface area contributed by atoms with Gasteiger partial charge in [0, 0.05) is 12.5 Å². The molecule has 0 saturated heterocycles. The van der Waals surface area contributed by atoms with Crippen LogP contribution in [0.25, 0.3) is 0 Å². The number of hydrogen-bond acceptors (Lipinski definition) is 2. The number of benzene rings is 2. The lowest BCUT2D eigenvalue weighted by Crippen LogP contribution is -2.40. The molecule has 0 saturated carbocycles. The molecule has 1 unspecified atom stereocenters. The van der Waals surface area contributed by atoms with Gasteiger partial charge in [-0.25, -0.2) is 0 Å². The van der Waals surface area contributed by atoms with E-state index in [9.17, 15) is 4.79 Å². The monoisotopic (exact) mass is 268 g/mol. The summed E-state index contributed by atoms with van der Waals surface area (Å²) in [6, 6.07) is 20.2. The van der Waals surface area contributed by atoms with Crippen LogP contribution in [0.4, 0.5) is 0 Å². The second-order valence-corrected chi connectivity index (χ2v) is 4.91. The number of nitrogens with two attached hydrogens (primary N) is 1. The van der Waals surface area contributed by atoms with Gasteiger partial charge < -0.3 is 11.1 Å². The summed E-state index contributed by atoms with van der Waals surface area (Å²) in [5.74, 6) is -0.121. The van der Waals surface area contributed by atoms with Gasteiger partial charge in [-0.1, -0.05) is 60.7 Å². The first-order valence-corrected chi connectivity index (χ1v) is 6.81. The Labute approximate surface area is 119 Å². The summed E-state index contributed by atoms with van der Waals surface area (Å²) < 4.78 is 0. The van der Waals surface area contributed by atoms with E-state index in [0.29, 0.717) is 6.54 Å². The normalized spacial score (nSPS) is 12.3. The Morgan fingerprint density at radius 3 is 1.85 bits per heavy atom. The lowest BCUT2D eigenvalue weighted by atomic mass is 9.91. The SMILES string of the molecule is CC(NCC(c1ccccc1)c1ccccc1)C(N)=O. The van der Waals surface area contributed by atoms with E-state index in [4.69, 9.17) is 5.73 Å². The maximum atomic E-state index is 11.1. The fourth-order valence-corrected chi connectivity index (χ4v) is 2.19. The maximum absolute atomic E-state index is 11.1. The van der Waals surface area contributed by atoms with Gasteiger partial charge in [-0.15, -0.1) is 0 Å². The van der Waals surface area contributed by atoms with E-state index in [1.165, 1.54) is 11.1 Å². The van der Waals surface area contributed by atoms with Crippen LogP contribution in [0.15, 0.2) is 60.7 Å². The minimum absolute atomic E-state index is 0.208. The number of primary amides is 1. The highest BCUT2D eigenvalue weighted by Crippen LogP contribution is 2.23. The predicted molar refractivity (Wildman–Crippen MR) is 81.4 cm³/mol. The van der Waals surface area contributed by atoms with Gasteiger partial charge in [0.25, 0.3) is 0 Å². The summed E-state index contributed by atoms with van der Waals surface area (Å²) >= 11 is 0. The molecule has 3 heteroatoms. The highest BCUT2D eigenvalue weighted by molar-refractivity contribution is 5.79. The van der Waals surface area contributed by atoms with Crippen molar-refractivity contribution >= 4 is 5.91 Å².